The van der Waals surface area contributed by atoms with Crippen LogP contribution in [0.2, 0.25) is 5.02 Å². The first-order valence-corrected chi connectivity index (χ1v) is 14.4. The zero-order valence-electron chi connectivity index (χ0n) is 21.6. The molecular weight excluding hydrogens is 498 g/mol. The molecule has 0 aromatic heterocycles. The zero-order chi connectivity index (χ0) is 26.3. The van der Waals surface area contributed by atoms with Gasteiger partial charge in [0.25, 0.3) is 9.04 Å². The molecule has 5 nitrogen and oxygen atoms in total. The van der Waals surface area contributed by atoms with E-state index in [1.165, 1.54) is 0 Å². The van der Waals surface area contributed by atoms with E-state index in [-0.39, 0.29) is 23.4 Å². The van der Waals surface area contributed by atoms with E-state index < -0.39 is 15.3 Å². The first-order chi connectivity index (χ1) is 17.7. The third-order valence-corrected chi connectivity index (χ3v) is 10.3. The van der Waals surface area contributed by atoms with E-state index in [0.29, 0.717) is 28.4 Å². The maximum Gasteiger partial charge on any atom is 0.327 e. The van der Waals surface area contributed by atoms with Crippen LogP contribution in [-0.2, 0) is 4.43 Å². The van der Waals surface area contributed by atoms with Crippen molar-refractivity contribution in [2.75, 3.05) is 11.4 Å². The molecule has 3 aromatic rings. The van der Waals surface area contributed by atoms with Crippen molar-refractivity contribution in [2.24, 2.45) is 11.3 Å². The van der Waals surface area contributed by atoms with Crippen molar-refractivity contribution < 1.29 is 9.22 Å². The number of benzene rings is 3. The number of rotatable bonds is 5. The SMILES string of the molecule is Cc1c(N2C(=O)N3CC[C@H](C(C)(C)C)[C@@H]3C2O[Si](c2ccccc2)c2ccccc2)ccc(C#N)c1Cl. The Hall–Kier alpha value is -3.11. The summed E-state index contributed by atoms with van der Waals surface area (Å²) in [7, 11) is -1.69. The minimum absolute atomic E-state index is 0.00106. The number of hydrogen-bond donors (Lipinski definition) is 0. The number of carbonyl (C=O) groups is 1. The van der Waals surface area contributed by atoms with Crippen LogP contribution in [0.25, 0.3) is 0 Å². The van der Waals surface area contributed by atoms with Crippen LogP contribution in [0.3, 0.4) is 0 Å². The van der Waals surface area contributed by atoms with E-state index in [4.69, 9.17) is 16.0 Å². The van der Waals surface area contributed by atoms with Gasteiger partial charge in [-0.15, -0.1) is 0 Å². The maximum atomic E-state index is 14.0. The lowest BCUT2D eigenvalue weighted by Gasteiger charge is -2.37. The van der Waals surface area contributed by atoms with Gasteiger partial charge in [0.15, 0.2) is 0 Å². The Morgan fingerprint density at radius 1 is 1.00 bits per heavy atom. The number of fused-ring (bicyclic) bond motifs is 1. The van der Waals surface area contributed by atoms with Crippen molar-refractivity contribution in [1.29, 1.82) is 5.26 Å². The fourth-order valence-corrected chi connectivity index (χ4v) is 8.01. The molecular formula is C30H31ClN3O2Si. The predicted octanol–water partition coefficient (Wildman–Crippen LogP) is 5.35. The molecule has 2 aliphatic heterocycles. The number of nitrogens with zero attached hydrogens (tertiary/aromatic N) is 3. The van der Waals surface area contributed by atoms with Gasteiger partial charge in [-0.2, -0.15) is 5.26 Å². The normalized spacial score (nSPS) is 21.4. The third kappa shape index (κ3) is 4.57. The van der Waals surface area contributed by atoms with E-state index in [2.05, 4.69) is 51.1 Å². The zero-order valence-corrected chi connectivity index (χ0v) is 23.4. The highest BCUT2D eigenvalue weighted by molar-refractivity contribution is 6.80. The first-order valence-electron chi connectivity index (χ1n) is 12.7. The van der Waals surface area contributed by atoms with Gasteiger partial charge in [0.1, 0.15) is 12.3 Å². The topological polar surface area (TPSA) is 56.6 Å². The molecule has 2 fully saturated rings. The van der Waals surface area contributed by atoms with E-state index in [0.717, 1.165) is 16.8 Å². The lowest BCUT2D eigenvalue weighted by molar-refractivity contribution is 0.0950. The molecule has 0 saturated carbocycles. The van der Waals surface area contributed by atoms with Gasteiger partial charge in [-0.25, -0.2) is 4.79 Å². The average molecular weight is 529 g/mol. The second kappa shape index (κ2) is 9.98. The molecule has 2 saturated heterocycles. The number of anilines is 1. The van der Waals surface area contributed by atoms with E-state index >= 15 is 0 Å². The Morgan fingerprint density at radius 3 is 2.14 bits per heavy atom. The number of nitriles is 1. The average Bonchev–Trinajstić information content (AvgIpc) is 3.45. The summed E-state index contributed by atoms with van der Waals surface area (Å²) < 4.78 is 7.17. The predicted molar refractivity (Wildman–Crippen MR) is 150 cm³/mol. The van der Waals surface area contributed by atoms with Crippen molar-refractivity contribution in [3.05, 3.63) is 88.9 Å². The van der Waals surface area contributed by atoms with Crippen molar-refractivity contribution >= 4 is 42.7 Å². The van der Waals surface area contributed by atoms with Crippen LogP contribution in [0.1, 0.15) is 38.3 Å². The fourth-order valence-electron chi connectivity index (χ4n) is 5.72. The molecule has 2 amide bonds. The second-order valence-corrected chi connectivity index (χ2v) is 13.3. The Balaban J connectivity index is 1.65. The molecule has 0 aliphatic carbocycles. The molecule has 1 unspecified atom stereocenters. The molecule has 0 N–H and O–H groups in total. The van der Waals surface area contributed by atoms with Gasteiger partial charge < -0.3 is 9.33 Å². The van der Waals surface area contributed by atoms with Crippen molar-refractivity contribution in [3.8, 4) is 6.07 Å². The second-order valence-electron chi connectivity index (χ2n) is 10.9. The molecule has 0 bridgehead atoms. The summed E-state index contributed by atoms with van der Waals surface area (Å²) in [4.78, 5) is 17.8. The number of urea groups is 1. The molecule has 189 valence electrons. The molecule has 0 spiro atoms. The van der Waals surface area contributed by atoms with Gasteiger partial charge in [0.2, 0.25) is 0 Å². The van der Waals surface area contributed by atoms with Crippen molar-refractivity contribution in [2.45, 2.75) is 46.4 Å². The van der Waals surface area contributed by atoms with E-state index in [1.807, 2.05) is 54.3 Å². The van der Waals surface area contributed by atoms with Crippen LogP contribution in [0, 0.1) is 29.6 Å². The lowest BCUT2D eigenvalue weighted by Crippen LogP contribution is -2.54. The van der Waals surface area contributed by atoms with Crippen LogP contribution in [0.15, 0.2) is 72.8 Å². The minimum atomic E-state index is -1.69. The molecule has 37 heavy (non-hydrogen) atoms. The van der Waals surface area contributed by atoms with Crippen LogP contribution < -0.4 is 15.3 Å². The Kier molecular flexibility index (Phi) is 6.89. The van der Waals surface area contributed by atoms with Gasteiger partial charge in [-0.05, 0) is 52.7 Å². The lowest BCUT2D eigenvalue weighted by atomic mass is 9.76. The van der Waals surface area contributed by atoms with Crippen LogP contribution in [0.5, 0.6) is 0 Å². The molecule has 3 atom stereocenters. The minimum Gasteiger partial charge on any atom is -0.385 e. The molecule has 5 rings (SSSR count). The maximum absolute atomic E-state index is 14.0. The summed E-state index contributed by atoms with van der Waals surface area (Å²) in [5.74, 6) is 0.274. The summed E-state index contributed by atoms with van der Waals surface area (Å²) in [5.41, 5.74) is 1.81. The number of hydrogen-bond acceptors (Lipinski definition) is 3. The summed E-state index contributed by atoms with van der Waals surface area (Å²) in [6, 6.07) is 26.1. The Morgan fingerprint density at radius 2 is 1.59 bits per heavy atom. The highest BCUT2D eigenvalue weighted by atomic mass is 35.5. The standard InChI is InChI=1S/C30H31ClN3O2Si/c1-20-25(16-15-21(19-32)26(20)31)34-28(27-24(30(2,3)4)17-18-33(27)29(34)35)36-37(22-11-7-5-8-12-22)23-13-9-6-10-14-23/h5-16,24,27-28H,17-18H2,1-4H3/t24-,27+,28?/m0/s1. The highest BCUT2D eigenvalue weighted by Gasteiger charge is 2.57. The van der Waals surface area contributed by atoms with Gasteiger partial charge in [0, 0.05) is 6.54 Å². The molecule has 1 radical (unpaired) electrons. The number of halogens is 1. The summed E-state index contributed by atoms with van der Waals surface area (Å²) >= 11 is 6.58. The summed E-state index contributed by atoms with van der Waals surface area (Å²) in [6.07, 6.45) is 0.454. The molecule has 2 aliphatic rings. The monoisotopic (exact) mass is 528 g/mol. The van der Waals surface area contributed by atoms with Crippen molar-refractivity contribution in [3.63, 3.8) is 0 Å². The molecule has 2 heterocycles. The fraction of sp³-hybridized carbons (Fsp3) is 0.333. The van der Waals surface area contributed by atoms with Gasteiger partial charge in [0.05, 0.1) is 22.3 Å². The van der Waals surface area contributed by atoms with Crippen LogP contribution >= 0.6 is 11.6 Å². The summed E-state index contributed by atoms with van der Waals surface area (Å²) in [5, 5.41) is 12.1. The first kappa shape index (κ1) is 25.5. The van der Waals surface area contributed by atoms with Crippen molar-refractivity contribution in [1.82, 2.24) is 4.90 Å². The van der Waals surface area contributed by atoms with E-state index in [9.17, 15) is 10.1 Å². The van der Waals surface area contributed by atoms with Gasteiger partial charge >= 0.3 is 6.03 Å². The van der Waals surface area contributed by atoms with Crippen LogP contribution in [-0.4, -0.2) is 38.8 Å². The smallest absolute Gasteiger partial charge is 0.327 e. The number of carbonyl (C=O) groups excluding carboxylic acids is 1. The molecule has 7 heteroatoms. The van der Waals surface area contributed by atoms with Gasteiger partial charge in [-0.1, -0.05) is 93.0 Å². The Bertz CT molecular complexity index is 1300. The Labute approximate surface area is 226 Å². The quantitative estimate of drug-likeness (QED) is 0.420. The van der Waals surface area contributed by atoms with Gasteiger partial charge in [-0.3, -0.25) is 4.90 Å². The number of amides is 2. The van der Waals surface area contributed by atoms with E-state index in [1.54, 1.807) is 11.0 Å². The molecule has 3 aromatic carbocycles. The largest absolute Gasteiger partial charge is 0.385 e. The third-order valence-electron chi connectivity index (χ3n) is 7.61. The van der Waals surface area contributed by atoms with Crippen LogP contribution in [0.4, 0.5) is 10.5 Å². The highest BCUT2D eigenvalue weighted by Crippen LogP contribution is 2.47. The summed E-state index contributed by atoms with van der Waals surface area (Å²) in [6.45, 7) is 9.30.